The van der Waals surface area contributed by atoms with E-state index >= 15 is 0 Å². The van der Waals surface area contributed by atoms with Crippen LogP contribution < -0.4 is 11.1 Å². The summed E-state index contributed by atoms with van der Waals surface area (Å²) in [6.45, 7) is 1.38. The Kier molecular flexibility index (Phi) is 5.82. The van der Waals surface area contributed by atoms with Crippen molar-refractivity contribution in [2.24, 2.45) is 11.7 Å². The number of nitrogens with one attached hydrogen (secondary N) is 1. The summed E-state index contributed by atoms with van der Waals surface area (Å²) < 4.78 is 39.7. The molecule has 0 saturated heterocycles. The molecule has 0 aliphatic rings. The molecule has 0 aliphatic carbocycles. The van der Waals surface area contributed by atoms with Crippen LogP contribution in [0.2, 0.25) is 0 Å². The maximum absolute atomic E-state index is 13.7. The maximum Gasteiger partial charge on any atom is 0.243 e. The fourth-order valence-corrected chi connectivity index (χ4v) is 3.46. The van der Waals surface area contributed by atoms with E-state index < -0.39 is 21.8 Å². The van der Waals surface area contributed by atoms with E-state index in [1.165, 1.54) is 26.2 Å². The van der Waals surface area contributed by atoms with Gasteiger partial charge in [-0.25, -0.2) is 17.1 Å². The third-order valence-electron chi connectivity index (χ3n) is 3.19. The van der Waals surface area contributed by atoms with Crippen molar-refractivity contribution in [1.82, 2.24) is 9.62 Å². The number of hydrogen-bond donors (Lipinski definition) is 2. The predicted molar refractivity (Wildman–Crippen MR) is 77.3 cm³/mol. The molecular weight excluding hydrogens is 297 g/mol. The molecule has 1 amide bonds. The molecule has 0 aromatic heterocycles. The summed E-state index contributed by atoms with van der Waals surface area (Å²) in [5, 5.41) is 2.45. The molecule has 1 rings (SSSR count). The highest BCUT2D eigenvalue weighted by atomic mass is 32.2. The highest BCUT2D eigenvalue weighted by molar-refractivity contribution is 7.89. The van der Waals surface area contributed by atoms with Gasteiger partial charge in [0, 0.05) is 38.7 Å². The van der Waals surface area contributed by atoms with E-state index in [4.69, 9.17) is 5.73 Å². The van der Waals surface area contributed by atoms with Crippen molar-refractivity contribution in [2.75, 3.05) is 20.6 Å². The van der Waals surface area contributed by atoms with Crippen molar-refractivity contribution < 1.29 is 17.6 Å². The molecular formula is C13H20FN3O3S. The number of sulfonamides is 1. The zero-order valence-corrected chi connectivity index (χ0v) is 13.1. The van der Waals surface area contributed by atoms with E-state index in [-0.39, 0.29) is 29.5 Å². The number of rotatable bonds is 6. The van der Waals surface area contributed by atoms with Crippen LogP contribution in [0, 0.1) is 11.7 Å². The molecule has 1 aromatic rings. The molecule has 21 heavy (non-hydrogen) atoms. The minimum Gasteiger partial charge on any atom is -0.359 e. The van der Waals surface area contributed by atoms with Crippen molar-refractivity contribution in [3.05, 3.63) is 29.6 Å². The molecule has 0 aliphatic heterocycles. The third kappa shape index (κ3) is 3.78. The molecule has 0 bridgehead atoms. The molecule has 6 nitrogen and oxygen atoms in total. The Morgan fingerprint density at radius 1 is 1.48 bits per heavy atom. The van der Waals surface area contributed by atoms with Crippen molar-refractivity contribution in [3.63, 3.8) is 0 Å². The Labute approximate surface area is 124 Å². The second-order valence-corrected chi connectivity index (χ2v) is 6.73. The maximum atomic E-state index is 13.7. The number of halogens is 1. The van der Waals surface area contributed by atoms with Gasteiger partial charge in [0.05, 0.1) is 4.90 Å². The predicted octanol–water partition coefficient (Wildman–Crippen LogP) is 0.287. The average molecular weight is 317 g/mol. The quantitative estimate of drug-likeness (QED) is 0.788. The van der Waals surface area contributed by atoms with Crippen molar-refractivity contribution >= 4 is 15.9 Å². The number of carbonyl (C=O) groups is 1. The van der Waals surface area contributed by atoms with Crippen molar-refractivity contribution in [1.29, 1.82) is 0 Å². The first kappa shape index (κ1) is 17.5. The fourth-order valence-electron chi connectivity index (χ4n) is 1.96. The molecule has 0 radical (unpaired) electrons. The van der Waals surface area contributed by atoms with E-state index in [9.17, 15) is 17.6 Å². The van der Waals surface area contributed by atoms with Crippen LogP contribution in [-0.4, -0.2) is 39.3 Å². The fraction of sp³-hybridized carbons (Fsp3) is 0.462. The number of amides is 1. The lowest BCUT2D eigenvalue weighted by molar-refractivity contribution is -0.124. The Bertz CT molecular complexity index is 619. The summed E-state index contributed by atoms with van der Waals surface area (Å²) >= 11 is 0. The van der Waals surface area contributed by atoms with Crippen LogP contribution >= 0.6 is 0 Å². The first-order valence-corrected chi connectivity index (χ1v) is 7.85. The lowest BCUT2D eigenvalue weighted by atomic mass is 10.2. The smallest absolute Gasteiger partial charge is 0.243 e. The molecule has 1 atom stereocenters. The van der Waals surface area contributed by atoms with Gasteiger partial charge in [0.15, 0.2) is 0 Å². The van der Waals surface area contributed by atoms with Crippen LogP contribution in [-0.2, 0) is 21.4 Å². The number of benzene rings is 1. The normalized spacial score (nSPS) is 13.2. The van der Waals surface area contributed by atoms with Gasteiger partial charge in [-0.15, -0.1) is 0 Å². The number of hydrogen-bond acceptors (Lipinski definition) is 4. The molecule has 0 spiro atoms. The van der Waals surface area contributed by atoms with Gasteiger partial charge in [-0.1, -0.05) is 13.0 Å². The van der Waals surface area contributed by atoms with E-state index in [2.05, 4.69) is 5.32 Å². The molecule has 118 valence electrons. The lowest BCUT2D eigenvalue weighted by Gasteiger charge is -2.21. The topological polar surface area (TPSA) is 92.5 Å². The van der Waals surface area contributed by atoms with Crippen LogP contribution in [0.3, 0.4) is 0 Å². The molecule has 1 unspecified atom stereocenters. The molecule has 3 N–H and O–H groups in total. The lowest BCUT2D eigenvalue weighted by Crippen LogP contribution is -2.37. The van der Waals surface area contributed by atoms with E-state index in [0.29, 0.717) is 0 Å². The van der Waals surface area contributed by atoms with Gasteiger partial charge in [-0.2, -0.15) is 0 Å². The number of nitrogens with zero attached hydrogens (tertiary/aromatic N) is 1. The summed E-state index contributed by atoms with van der Waals surface area (Å²) in [6, 6.07) is 3.79. The summed E-state index contributed by atoms with van der Waals surface area (Å²) in [5.41, 5.74) is 5.37. The zero-order valence-electron chi connectivity index (χ0n) is 12.3. The Morgan fingerprint density at radius 3 is 2.62 bits per heavy atom. The molecule has 0 heterocycles. The SMILES string of the molecule is CNC(=O)C(C)CN(C)S(=O)(=O)c1cccc(F)c1CN. The Balaban J connectivity index is 3.11. The number of nitrogens with two attached hydrogens (primary N) is 1. The second kappa shape index (κ2) is 6.97. The summed E-state index contributed by atoms with van der Waals surface area (Å²) in [4.78, 5) is 11.3. The van der Waals surface area contributed by atoms with Gasteiger partial charge in [0.2, 0.25) is 15.9 Å². The van der Waals surface area contributed by atoms with Gasteiger partial charge in [0.1, 0.15) is 5.82 Å². The number of carbonyl (C=O) groups excluding carboxylic acids is 1. The molecule has 8 heteroatoms. The van der Waals surface area contributed by atoms with Gasteiger partial charge < -0.3 is 11.1 Å². The Morgan fingerprint density at radius 2 is 2.10 bits per heavy atom. The highest BCUT2D eigenvalue weighted by Crippen LogP contribution is 2.22. The summed E-state index contributed by atoms with van der Waals surface area (Å²) in [7, 11) is -1.08. The van der Waals surface area contributed by atoms with E-state index in [1.807, 2.05) is 0 Å². The minimum absolute atomic E-state index is 0.0114. The highest BCUT2D eigenvalue weighted by Gasteiger charge is 2.27. The largest absolute Gasteiger partial charge is 0.359 e. The van der Waals surface area contributed by atoms with Gasteiger partial charge in [-0.05, 0) is 12.1 Å². The van der Waals surface area contributed by atoms with Gasteiger partial charge in [-0.3, -0.25) is 4.79 Å². The molecule has 1 aromatic carbocycles. The first-order valence-electron chi connectivity index (χ1n) is 6.41. The van der Waals surface area contributed by atoms with Crippen molar-refractivity contribution in [2.45, 2.75) is 18.4 Å². The van der Waals surface area contributed by atoms with Crippen LogP contribution in [0.25, 0.3) is 0 Å². The summed E-state index contributed by atoms with van der Waals surface area (Å²) in [6.07, 6.45) is 0. The van der Waals surface area contributed by atoms with Crippen LogP contribution in [0.15, 0.2) is 23.1 Å². The molecule has 0 fully saturated rings. The van der Waals surface area contributed by atoms with Crippen LogP contribution in [0.4, 0.5) is 4.39 Å². The standard InChI is InChI=1S/C13H20FN3O3S/c1-9(13(18)16-2)8-17(3)21(19,20)12-6-4-5-11(14)10(12)7-15/h4-6,9H,7-8,15H2,1-3H3,(H,16,18). The monoisotopic (exact) mass is 317 g/mol. The third-order valence-corrected chi connectivity index (χ3v) is 5.10. The van der Waals surface area contributed by atoms with Gasteiger partial charge >= 0.3 is 0 Å². The average Bonchev–Trinajstić information content (AvgIpc) is 2.45. The van der Waals surface area contributed by atoms with Gasteiger partial charge in [0.25, 0.3) is 0 Å². The Hall–Kier alpha value is -1.51. The van der Waals surface area contributed by atoms with Crippen LogP contribution in [0.1, 0.15) is 12.5 Å². The first-order chi connectivity index (χ1) is 9.75. The van der Waals surface area contributed by atoms with E-state index in [0.717, 1.165) is 10.4 Å². The minimum atomic E-state index is -3.91. The summed E-state index contributed by atoms with van der Waals surface area (Å²) in [5.74, 6) is -1.45. The zero-order chi connectivity index (χ0) is 16.2. The van der Waals surface area contributed by atoms with Crippen LogP contribution in [0.5, 0.6) is 0 Å². The van der Waals surface area contributed by atoms with Crippen molar-refractivity contribution in [3.8, 4) is 0 Å². The second-order valence-electron chi connectivity index (χ2n) is 4.72. The van der Waals surface area contributed by atoms with E-state index in [1.54, 1.807) is 6.92 Å². The molecule has 0 saturated carbocycles.